The van der Waals surface area contributed by atoms with Gasteiger partial charge in [-0.05, 0) is 25.0 Å². The minimum Gasteiger partial charge on any atom is -0.495 e. The number of para-hydroxylation sites is 2. The van der Waals surface area contributed by atoms with Crippen LogP contribution >= 0.6 is 0 Å². The predicted octanol–water partition coefficient (Wildman–Crippen LogP) is 1.70. The molecule has 0 aliphatic carbocycles. The topological polar surface area (TPSA) is 58.6 Å². The van der Waals surface area contributed by atoms with Gasteiger partial charge in [-0.15, -0.1) is 0 Å². The monoisotopic (exact) mass is 274 g/mol. The number of hydrogen-bond acceptors (Lipinski definition) is 3. The van der Waals surface area contributed by atoms with Crippen LogP contribution in [0.4, 0.5) is 5.69 Å². The largest absolute Gasteiger partial charge is 0.495 e. The summed E-state index contributed by atoms with van der Waals surface area (Å²) in [6.45, 7) is 3.71. The van der Waals surface area contributed by atoms with Gasteiger partial charge in [0.1, 0.15) is 11.7 Å². The number of carbonyl (C=O) groups excluding carboxylic acids is 2. The molecule has 1 unspecified atom stereocenters. The molecule has 0 aromatic heterocycles. The molecule has 106 valence electrons. The van der Waals surface area contributed by atoms with E-state index in [1.54, 1.807) is 26.3 Å². The second-order valence-corrected chi connectivity index (χ2v) is 4.75. The average molecular weight is 274 g/mol. The van der Waals surface area contributed by atoms with E-state index >= 15 is 0 Å². The van der Waals surface area contributed by atoms with Gasteiger partial charge in [-0.25, -0.2) is 0 Å². The Morgan fingerprint density at radius 1 is 1.45 bits per heavy atom. The summed E-state index contributed by atoms with van der Waals surface area (Å²) in [7, 11) is 3.20. The van der Waals surface area contributed by atoms with Gasteiger partial charge in [0.2, 0.25) is 11.8 Å². The number of carbonyl (C=O) groups is 2. The number of nitrogens with one attached hydrogen (secondary N) is 1. The fraction of sp³-hybridized carbons (Fsp3) is 0.333. The molecule has 1 saturated heterocycles. The third-order valence-corrected chi connectivity index (χ3v) is 3.43. The molecule has 1 aliphatic rings. The van der Waals surface area contributed by atoms with Crippen molar-refractivity contribution in [3.8, 4) is 5.75 Å². The predicted molar refractivity (Wildman–Crippen MR) is 76.4 cm³/mol. The molecule has 1 N–H and O–H groups in total. The number of nitrogens with zero attached hydrogens (tertiary/aromatic N) is 1. The Morgan fingerprint density at radius 3 is 2.80 bits per heavy atom. The zero-order valence-corrected chi connectivity index (χ0v) is 11.7. The molecule has 1 heterocycles. The lowest BCUT2D eigenvalue weighted by atomic mass is 9.95. The summed E-state index contributed by atoms with van der Waals surface area (Å²) in [5, 5.41) is 2.63. The highest BCUT2D eigenvalue weighted by Gasteiger charge is 2.33. The summed E-state index contributed by atoms with van der Waals surface area (Å²) >= 11 is 0. The first-order chi connectivity index (χ1) is 9.54. The first kappa shape index (κ1) is 14.1. The number of methoxy groups -OCH3 is 1. The molecule has 5 heteroatoms. The number of piperidine rings is 1. The smallest absolute Gasteiger partial charge is 0.239 e. The minimum absolute atomic E-state index is 0.237. The van der Waals surface area contributed by atoms with Gasteiger partial charge in [-0.2, -0.15) is 0 Å². The molecule has 0 spiro atoms. The van der Waals surface area contributed by atoms with Gasteiger partial charge >= 0.3 is 0 Å². The van der Waals surface area contributed by atoms with Gasteiger partial charge in [0, 0.05) is 12.7 Å². The van der Waals surface area contributed by atoms with Gasteiger partial charge in [0.05, 0.1) is 12.8 Å². The fourth-order valence-corrected chi connectivity index (χ4v) is 2.27. The normalized spacial score (nSPS) is 18.4. The third-order valence-electron chi connectivity index (χ3n) is 3.43. The zero-order chi connectivity index (χ0) is 14.7. The molecule has 0 bridgehead atoms. The lowest BCUT2D eigenvalue weighted by Crippen LogP contribution is -2.44. The molecule has 1 fully saturated rings. The molecule has 1 aromatic carbocycles. The molecule has 2 amide bonds. The van der Waals surface area contributed by atoms with Crippen LogP contribution in [0.3, 0.4) is 0 Å². The molecule has 0 radical (unpaired) electrons. The quantitative estimate of drug-likeness (QED) is 0.853. The SMILES string of the molecule is C=C1CCC(C(=O)N(C)c2ccccc2OC)C(=O)N1. The van der Waals surface area contributed by atoms with Crippen LogP contribution in [-0.4, -0.2) is 26.0 Å². The van der Waals surface area contributed by atoms with Crippen molar-refractivity contribution in [3.63, 3.8) is 0 Å². The van der Waals surface area contributed by atoms with Gasteiger partial charge in [0.25, 0.3) is 0 Å². The molecule has 1 atom stereocenters. The number of hydrogen-bond donors (Lipinski definition) is 1. The van der Waals surface area contributed by atoms with Crippen molar-refractivity contribution in [1.29, 1.82) is 0 Å². The Hall–Kier alpha value is -2.30. The van der Waals surface area contributed by atoms with Crippen LogP contribution in [0.15, 0.2) is 36.5 Å². The van der Waals surface area contributed by atoms with Crippen LogP contribution in [-0.2, 0) is 9.59 Å². The molecule has 1 aromatic rings. The standard InChI is InChI=1S/C15H18N2O3/c1-10-8-9-11(14(18)16-10)15(19)17(2)12-6-4-5-7-13(12)20-3/h4-7,11H,1,8-9H2,2-3H3,(H,16,18). The van der Waals surface area contributed by atoms with E-state index in [-0.39, 0.29) is 11.8 Å². The summed E-state index contributed by atoms with van der Waals surface area (Å²) in [6.07, 6.45) is 1.12. The summed E-state index contributed by atoms with van der Waals surface area (Å²) in [6, 6.07) is 7.22. The maximum absolute atomic E-state index is 12.5. The van der Waals surface area contributed by atoms with Crippen molar-refractivity contribution < 1.29 is 14.3 Å². The van der Waals surface area contributed by atoms with E-state index in [9.17, 15) is 9.59 Å². The summed E-state index contributed by atoms with van der Waals surface area (Å²) in [5.41, 5.74) is 1.32. The van der Waals surface area contributed by atoms with Crippen molar-refractivity contribution >= 4 is 17.5 Å². The van der Waals surface area contributed by atoms with E-state index in [2.05, 4.69) is 11.9 Å². The molecule has 20 heavy (non-hydrogen) atoms. The van der Waals surface area contributed by atoms with Crippen LogP contribution in [0.2, 0.25) is 0 Å². The number of amides is 2. The van der Waals surface area contributed by atoms with Crippen molar-refractivity contribution in [3.05, 3.63) is 36.5 Å². The first-order valence-electron chi connectivity index (χ1n) is 6.44. The highest BCUT2D eigenvalue weighted by Crippen LogP contribution is 2.29. The number of rotatable bonds is 3. The summed E-state index contributed by atoms with van der Waals surface area (Å²) < 4.78 is 5.24. The van der Waals surface area contributed by atoms with Crippen LogP contribution in [0.5, 0.6) is 5.75 Å². The Morgan fingerprint density at radius 2 is 2.15 bits per heavy atom. The van der Waals surface area contributed by atoms with Crippen LogP contribution < -0.4 is 15.0 Å². The van der Waals surface area contributed by atoms with Crippen molar-refractivity contribution in [1.82, 2.24) is 5.32 Å². The molecular formula is C15H18N2O3. The number of benzene rings is 1. The number of ether oxygens (including phenoxy) is 1. The van der Waals surface area contributed by atoms with E-state index < -0.39 is 5.92 Å². The van der Waals surface area contributed by atoms with Crippen molar-refractivity contribution in [2.24, 2.45) is 5.92 Å². The second-order valence-electron chi connectivity index (χ2n) is 4.75. The van der Waals surface area contributed by atoms with E-state index in [1.165, 1.54) is 4.90 Å². The van der Waals surface area contributed by atoms with E-state index in [0.29, 0.717) is 30.0 Å². The van der Waals surface area contributed by atoms with E-state index in [0.717, 1.165) is 0 Å². The lowest BCUT2D eigenvalue weighted by molar-refractivity contribution is -0.134. The first-order valence-corrected chi connectivity index (χ1v) is 6.44. The Balaban J connectivity index is 2.20. The third kappa shape index (κ3) is 2.66. The van der Waals surface area contributed by atoms with Gasteiger partial charge < -0.3 is 15.0 Å². The Labute approximate surface area is 118 Å². The maximum atomic E-state index is 12.5. The number of anilines is 1. The fourth-order valence-electron chi connectivity index (χ4n) is 2.27. The molecule has 1 aliphatic heterocycles. The Bertz CT molecular complexity index is 554. The van der Waals surface area contributed by atoms with Gasteiger partial charge in [-0.1, -0.05) is 18.7 Å². The zero-order valence-electron chi connectivity index (χ0n) is 11.7. The average Bonchev–Trinajstić information content (AvgIpc) is 2.45. The van der Waals surface area contributed by atoms with Gasteiger partial charge in [-0.3, -0.25) is 9.59 Å². The molecule has 0 saturated carbocycles. The molecule has 2 rings (SSSR count). The second kappa shape index (κ2) is 5.77. The van der Waals surface area contributed by atoms with Crippen molar-refractivity contribution in [2.75, 3.05) is 19.1 Å². The van der Waals surface area contributed by atoms with Crippen molar-refractivity contribution in [2.45, 2.75) is 12.8 Å². The minimum atomic E-state index is -0.671. The lowest BCUT2D eigenvalue weighted by Gasteiger charge is -2.27. The van der Waals surface area contributed by atoms with Crippen LogP contribution in [0, 0.1) is 5.92 Å². The highest BCUT2D eigenvalue weighted by molar-refractivity contribution is 6.08. The number of allylic oxidation sites excluding steroid dienone is 1. The maximum Gasteiger partial charge on any atom is 0.239 e. The van der Waals surface area contributed by atoms with E-state index in [4.69, 9.17) is 4.74 Å². The summed E-state index contributed by atoms with van der Waals surface area (Å²) in [4.78, 5) is 25.8. The molecular weight excluding hydrogens is 256 g/mol. The Kier molecular flexibility index (Phi) is 4.08. The molecule has 5 nitrogen and oxygen atoms in total. The highest BCUT2D eigenvalue weighted by atomic mass is 16.5. The van der Waals surface area contributed by atoms with Gasteiger partial charge in [0.15, 0.2) is 0 Å². The summed E-state index contributed by atoms with van der Waals surface area (Å²) in [5.74, 6) is -0.591. The van der Waals surface area contributed by atoms with Crippen LogP contribution in [0.1, 0.15) is 12.8 Å². The van der Waals surface area contributed by atoms with E-state index in [1.807, 2.05) is 12.1 Å². The van der Waals surface area contributed by atoms with Crippen LogP contribution in [0.25, 0.3) is 0 Å².